The summed E-state index contributed by atoms with van der Waals surface area (Å²) < 4.78 is 0. The van der Waals surface area contributed by atoms with E-state index in [1.807, 2.05) is 87.2 Å². The molecule has 0 heterocycles. The molecule has 2 rings (SSSR count). The number of rotatable bonds is 3. The van der Waals surface area contributed by atoms with Gasteiger partial charge in [-0.05, 0) is 27.7 Å². The Bertz CT molecular complexity index is 418. The van der Waals surface area contributed by atoms with E-state index in [1.54, 1.807) is 0 Å². The molecule has 116 valence electrons. The summed E-state index contributed by atoms with van der Waals surface area (Å²) in [6.07, 6.45) is 0. The number of carbonyl (C=O) groups excluding carboxylic acids is 1. The molecule has 0 saturated heterocycles. The Morgan fingerprint density at radius 1 is 0.900 bits per heavy atom. The second-order valence-corrected chi connectivity index (χ2v) is 5.04. The summed E-state index contributed by atoms with van der Waals surface area (Å²) in [4.78, 5) is 13.9. The molecule has 0 aliphatic heterocycles. The first-order valence-electron chi connectivity index (χ1n) is 6.75. The van der Waals surface area contributed by atoms with Crippen molar-refractivity contribution in [2.24, 2.45) is 0 Å². The quantitative estimate of drug-likeness (QED) is 0.618. The van der Waals surface area contributed by atoms with Crippen LogP contribution in [0.2, 0.25) is 0 Å². The van der Waals surface area contributed by atoms with Crippen molar-refractivity contribution in [1.29, 1.82) is 0 Å². The van der Waals surface area contributed by atoms with E-state index in [2.05, 4.69) is 0 Å². The number of amides is 1. The van der Waals surface area contributed by atoms with Gasteiger partial charge in [0.15, 0.2) is 5.91 Å². The molecule has 0 saturated carbocycles. The van der Waals surface area contributed by atoms with Gasteiger partial charge in [-0.15, -0.1) is 0 Å². The third-order valence-electron chi connectivity index (χ3n) is 2.81. The van der Waals surface area contributed by atoms with Gasteiger partial charge >= 0.3 is 0 Å². The zero-order chi connectivity index (χ0) is 14.3. The topological polar surface area (TPSA) is 20.3 Å². The minimum absolute atomic E-state index is 0. The number of nitrogens with zero attached hydrogens (tertiary/aromatic N) is 1. The predicted molar refractivity (Wildman–Crippen MR) is 80.5 cm³/mol. The summed E-state index contributed by atoms with van der Waals surface area (Å²) in [5, 5.41) is 0. The minimum Gasteiger partial charge on any atom is -0.748 e. The molecule has 0 spiro atoms. The Labute approximate surface area is 133 Å². The average molecular weight is 313 g/mol. The Balaban J connectivity index is 0.000000507. The number of hydrogen-bond acceptors (Lipinski definition) is 1. The van der Waals surface area contributed by atoms with Crippen molar-refractivity contribution in [2.75, 3.05) is 0 Å². The molecule has 3 heteroatoms. The van der Waals surface area contributed by atoms with Crippen LogP contribution in [0.1, 0.15) is 38.1 Å². The first kappa shape index (κ1) is 18.7. The fourth-order valence-electron chi connectivity index (χ4n) is 2.05. The van der Waals surface area contributed by atoms with Crippen LogP contribution in [0, 0.1) is 0 Å². The molecule has 0 atom stereocenters. The van der Waals surface area contributed by atoms with Gasteiger partial charge < -0.3 is 35.2 Å². The first-order valence-corrected chi connectivity index (χ1v) is 6.75. The summed E-state index contributed by atoms with van der Waals surface area (Å²) in [6, 6.07) is 18.0. The third-order valence-corrected chi connectivity index (χ3v) is 2.81. The Hall–Kier alpha value is -1.31. The standard InChI is InChI=1S/C12H18NO.C5H5.Fe/c1-9(2)13(10(3)4)12(14)11-7-5-6-8-11;1-2-4-5-3-1;/h5-10H,1-4H3;1-5H;/q-1;-5;. The van der Waals surface area contributed by atoms with Crippen LogP contribution in [0.3, 0.4) is 0 Å². The largest absolute Gasteiger partial charge is 0.748 e. The molecule has 0 fully saturated rings. The Morgan fingerprint density at radius 2 is 1.25 bits per heavy atom. The Kier molecular flexibility index (Phi) is 8.94. The van der Waals surface area contributed by atoms with Crippen LogP contribution < -0.4 is 0 Å². The maximum absolute atomic E-state index is 12.0. The van der Waals surface area contributed by atoms with Crippen LogP contribution in [0.25, 0.3) is 0 Å². The summed E-state index contributed by atoms with van der Waals surface area (Å²) in [7, 11) is 0. The fourth-order valence-corrected chi connectivity index (χ4v) is 2.05. The fraction of sp³-hybridized carbons (Fsp3) is 0.353. The van der Waals surface area contributed by atoms with Crippen LogP contribution in [0.5, 0.6) is 0 Å². The van der Waals surface area contributed by atoms with E-state index in [4.69, 9.17) is 0 Å². The molecule has 0 aliphatic carbocycles. The average Bonchev–Trinajstić information content (AvgIpc) is 3.05. The molecular formula is C17H23FeNO-6. The van der Waals surface area contributed by atoms with Gasteiger partial charge in [-0.1, -0.05) is 5.56 Å². The van der Waals surface area contributed by atoms with Gasteiger partial charge in [0, 0.05) is 29.2 Å². The van der Waals surface area contributed by atoms with Crippen molar-refractivity contribution < 1.29 is 21.9 Å². The van der Waals surface area contributed by atoms with E-state index in [-0.39, 0.29) is 35.1 Å². The van der Waals surface area contributed by atoms with Gasteiger partial charge in [-0.25, -0.2) is 12.1 Å². The molecule has 0 unspecified atom stereocenters. The number of carbonyl (C=O) groups is 1. The van der Waals surface area contributed by atoms with Crippen LogP contribution in [0.4, 0.5) is 0 Å². The molecule has 0 N–H and O–H groups in total. The van der Waals surface area contributed by atoms with Gasteiger partial charge in [-0.3, -0.25) is 4.79 Å². The molecular weight excluding hydrogens is 290 g/mol. The molecule has 2 aromatic carbocycles. The molecule has 2 nitrogen and oxygen atoms in total. The van der Waals surface area contributed by atoms with Crippen molar-refractivity contribution in [1.82, 2.24) is 4.90 Å². The Morgan fingerprint density at radius 3 is 1.55 bits per heavy atom. The second-order valence-electron chi connectivity index (χ2n) is 5.04. The van der Waals surface area contributed by atoms with Crippen molar-refractivity contribution in [3.05, 3.63) is 60.2 Å². The maximum Gasteiger partial charge on any atom is 0.198 e. The van der Waals surface area contributed by atoms with E-state index >= 15 is 0 Å². The molecule has 1 amide bonds. The van der Waals surface area contributed by atoms with Gasteiger partial charge in [-0.2, -0.15) is 12.1 Å². The zero-order valence-corrected chi connectivity index (χ0v) is 13.7. The van der Waals surface area contributed by atoms with E-state index in [1.165, 1.54) is 0 Å². The zero-order valence-electron chi connectivity index (χ0n) is 12.6. The number of hydrogen-bond donors (Lipinski definition) is 0. The van der Waals surface area contributed by atoms with Gasteiger partial charge in [0.2, 0.25) is 0 Å². The third kappa shape index (κ3) is 5.77. The summed E-state index contributed by atoms with van der Waals surface area (Å²) >= 11 is 0. The molecule has 0 radical (unpaired) electrons. The van der Waals surface area contributed by atoms with Crippen molar-refractivity contribution in [2.45, 2.75) is 39.8 Å². The summed E-state index contributed by atoms with van der Waals surface area (Å²) in [5.41, 5.74) is 0.785. The molecule has 0 aliphatic rings. The van der Waals surface area contributed by atoms with E-state index < -0.39 is 0 Å². The van der Waals surface area contributed by atoms with Crippen LogP contribution in [-0.4, -0.2) is 22.9 Å². The van der Waals surface area contributed by atoms with Gasteiger partial charge in [0.25, 0.3) is 0 Å². The monoisotopic (exact) mass is 313 g/mol. The normalized spacial score (nSPS) is 9.70. The van der Waals surface area contributed by atoms with E-state index in [0.29, 0.717) is 0 Å². The predicted octanol–water partition coefficient (Wildman–Crippen LogP) is 4.07. The summed E-state index contributed by atoms with van der Waals surface area (Å²) in [6.45, 7) is 8.17. The summed E-state index contributed by atoms with van der Waals surface area (Å²) in [5.74, 6) is 0.125. The molecule has 2 aromatic rings. The van der Waals surface area contributed by atoms with Crippen LogP contribution >= 0.6 is 0 Å². The molecule has 0 aromatic heterocycles. The SMILES string of the molecule is CC(C)N(C(=O)[c-]1cccc1)C(C)C.[Fe].[cH-]1[cH-][cH-][cH-][cH-]1. The van der Waals surface area contributed by atoms with Crippen molar-refractivity contribution >= 4 is 5.91 Å². The van der Waals surface area contributed by atoms with Crippen LogP contribution in [0.15, 0.2) is 54.6 Å². The van der Waals surface area contributed by atoms with Crippen LogP contribution in [-0.2, 0) is 17.1 Å². The van der Waals surface area contributed by atoms with Crippen molar-refractivity contribution in [3.8, 4) is 0 Å². The van der Waals surface area contributed by atoms with E-state index in [9.17, 15) is 4.79 Å². The van der Waals surface area contributed by atoms with E-state index in [0.717, 1.165) is 5.56 Å². The molecule has 20 heavy (non-hydrogen) atoms. The van der Waals surface area contributed by atoms with Crippen molar-refractivity contribution in [3.63, 3.8) is 0 Å². The van der Waals surface area contributed by atoms with Gasteiger partial charge in [0.05, 0.1) is 0 Å². The first-order chi connectivity index (χ1) is 9.04. The molecule has 0 bridgehead atoms. The second kappa shape index (κ2) is 9.57. The smallest absolute Gasteiger partial charge is 0.198 e. The maximum atomic E-state index is 12.0. The minimum atomic E-state index is 0. The van der Waals surface area contributed by atoms with Gasteiger partial charge in [0.1, 0.15) is 0 Å².